The first-order valence-corrected chi connectivity index (χ1v) is 5.46. The van der Waals surface area contributed by atoms with Crippen LogP contribution in [-0.4, -0.2) is 24.6 Å². The molecule has 0 radical (unpaired) electrons. The number of amides is 1. The fourth-order valence-corrected chi connectivity index (χ4v) is 1.17. The first-order valence-electron chi connectivity index (χ1n) is 5.46. The molecule has 0 heterocycles. The summed E-state index contributed by atoms with van der Waals surface area (Å²) in [5.74, 6) is -7.59. The molecular formula is C10H16F5NO. The number of unbranched alkanes of at least 4 members (excludes halogenated alkanes) is 4. The number of rotatable bonds is 7. The number of nitrogens with one attached hydrogen (secondary N) is 1. The Morgan fingerprint density at radius 2 is 1.53 bits per heavy atom. The lowest BCUT2D eigenvalue weighted by Crippen LogP contribution is -2.50. The van der Waals surface area contributed by atoms with Crippen molar-refractivity contribution in [2.75, 3.05) is 6.54 Å². The van der Waals surface area contributed by atoms with Gasteiger partial charge >= 0.3 is 12.1 Å². The largest absolute Gasteiger partial charge is 0.463 e. The van der Waals surface area contributed by atoms with Crippen LogP contribution in [-0.2, 0) is 4.79 Å². The molecule has 1 amide bonds. The second-order valence-electron chi connectivity index (χ2n) is 3.74. The zero-order valence-electron chi connectivity index (χ0n) is 9.54. The van der Waals surface area contributed by atoms with E-state index in [-0.39, 0.29) is 6.54 Å². The Morgan fingerprint density at radius 3 is 2.00 bits per heavy atom. The molecular weight excluding hydrogens is 245 g/mol. The van der Waals surface area contributed by atoms with Gasteiger partial charge in [-0.3, -0.25) is 4.79 Å². The van der Waals surface area contributed by atoms with Crippen LogP contribution in [0, 0.1) is 0 Å². The maximum Gasteiger partial charge on any atom is 0.463 e. The van der Waals surface area contributed by atoms with Crippen molar-refractivity contribution in [2.24, 2.45) is 0 Å². The third kappa shape index (κ3) is 5.32. The van der Waals surface area contributed by atoms with Gasteiger partial charge in [0.2, 0.25) is 0 Å². The SMILES string of the molecule is CCCCCCCNC(=O)C(F)(F)C(F)(F)F. The molecule has 0 spiro atoms. The molecule has 0 fully saturated rings. The summed E-state index contributed by atoms with van der Waals surface area (Å²) in [7, 11) is 0. The van der Waals surface area contributed by atoms with E-state index in [9.17, 15) is 26.7 Å². The van der Waals surface area contributed by atoms with E-state index in [1.807, 2.05) is 6.92 Å². The highest BCUT2D eigenvalue weighted by Crippen LogP contribution is 2.35. The first kappa shape index (κ1) is 16.1. The molecule has 0 bridgehead atoms. The van der Waals surface area contributed by atoms with Crippen LogP contribution in [0.4, 0.5) is 22.0 Å². The molecule has 0 aromatic rings. The predicted octanol–water partition coefficient (Wildman–Crippen LogP) is 3.27. The van der Waals surface area contributed by atoms with Crippen LogP contribution in [0.15, 0.2) is 0 Å². The standard InChI is InChI=1S/C10H16F5NO/c1-2-3-4-5-6-7-16-8(17)9(11,12)10(13,14)15/h2-7H2,1H3,(H,16,17). The van der Waals surface area contributed by atoms with Crippen molar-refractivity contribution in [2.45, 2.75) is 51.1 Å². The predicted molar refractivity (Wildman–Crippen MR) is 52.8 cm³/mol. The molecule has 7 heteroatoms. The lowest BCUT2D eigenvalue weighted by Gasteiger charge is -2.18. The molecule has 0 saturated carbocycles. The van der Waals surface area contributed by atoms with Gasteiger partial charge in [0.25, 0.3) is 5.91 Å². The van der Waals surface area contributed by atoms with E-state index >= 15 is 0 Å². The molecule has 0 aromatic carbocycles. The van der Waals surface area contributed by atoms with Crippen LogP contribution in [0.3, 0.4) is 0 Å². The quantitative estimate of drug-likeness (QED) is 0.553. The number of hydrogen-bond donors (Lipinski definition) is 1. The minimum atomic E-state index is -5.83. The van der Waals surface area contributed by atoms with E-state index in [4.69, 9.17) is 0 Å². The van der Waals surface area contributed by atoms with Gasteiger partial charge in [0.1, 0.15) is 0 Å². The van der Waals surface area contributed by atoms with Crippen molar-refractivity contribution < 1.29 is 26.7 Å². The Hall–Kier alpha value is -0.880. The molecule has 2 nitrogen and oxygen atoms in total. The van der Waals surface area contributed by atoms with Crippen molar-refractivity contribution in [3.05, 3.63) is 0 Å². The summed E-state index contributed by atoms with van der Waals surface area (Å²) < 4.78 is 60.1. The summed E-state index contributed by atoms with van der Waals surface area (Å²) in [5, 5.41) is 1.60. The third-order valence-electron chi connectivity index (χ3n) is 2.21. The molecule has 0 aliphatic carbocycles. The summed E-state index contributed by atoms with van der Waals surface area (Å²) in [6.45, 7) is 1.83. The maximum atomic E-state index is 12.4. The third-order valence-corrected chi connectivity index (χ3v) is 2.21. The fraction of sp³-hybridized carbons (Fsp3) is 0.900. The second kappa shape index (κ2) is 6.76. The van der Waals surface area contributed by atoms with E-state index in [1.165, 1.54) is 0 Å². The number of carbonyl (C=O) groups is 1. The molecule has 0 aromatic heterocycles. The Labute approximate surface area is 96.6 Å². The number of alkyl halides is 5. The van der Waals surface area contributed by atoms with Crippen LogP contribution in [0.1, 0.15) is 39.0 Å². The van der Waals surface area contributed by atoms with E-state index in [2.05, 4.69) is 0 Å². The zero-order chi connectivity index (χ0) is 13.5. The molecule has 0 unspecified atom stereocenters. The lowest BCUT2D eigenvalue weighted by molar-refractivity contribution is -0.269. The number of carbonyl (C=O) groups excluding carboxylic acids is 1. The Balaban J connectivity index is 3.87. The van der Waals surface area contributed by atoms with Crippen LogP contribution in [0.25, 0.3) is 0 Å². The van der Waals surface area contributed by atoms with Crippen LogP contribution in [0.5, 0.6) is 0 Å². The topological polar surface area (TPSA) is 29.1 Å². The molecule has 0 saturated heterocycles. The minimum absolute atomic E-state index is 0.159. The van der Waals surface area contributed by atoms with E-state index in [1.54, 1.807) is 5.32 Å². The van der Waals surface area contributed by atoms with E-state index < -0.39 is 18.0 Å². The molecule has 0 atom stereocenters. The molecule has 1 N–H and O–H groups in total. The van der Waals surface area contributed by atoms with Crippen LogP contribution in [0.2, 0.25) is 0 Å². The summed E-state index contributed by atoms with van der Waals surface area (Å²) in [4.78, 5) is 10.6. The fourth-order valence-electron chi connectivity index (χ4n) is 1.17. The smallest absolute Gasteiger partial charge is 0.351 e. The van der Waals surface area contributed by atoms with E-state index in [0.717, 1.165) is 19.3 Å². The van der Waals surface area contributed by atoms with Gasteiger partial charge in [-0.15, -0.1) is 0 Å². The van der Waals surface area contributed by atoms with Gasteiger partial charge in [0.15, 0.2) is 0 Å². The Bertz CT molecular complexity index is 239. The summed E-state index contributed by atoms with van der Waals surface area (Å²) in [6.07, 6.45) is -1.88. The summed E-state index contributed by atoms with van der Waals surface area (Å²) >= 11 is 0. The minimum Gasteiger partial charge on any atom is -0.351 e. The van der Waals surface area contributed by atoms with Crippen LogP contribution < -0.4 is 5.32 Å². The van der Waals surface area contributed by atoms with E-state index in [0.29, 0.717) is 12.8 Å². The zero-order valence-corrected chi connectivity index (χ0v) is 9.54. The lowest BCUT2D eigenvalue weighted by atomic mass is 10.1. The molecule has 0 rings (SSSR count). The van der Waals surface area contributed by atoms with Crippen LogP contribution >= 0.6 is 0 Å². The highest BCUT2D eigenvalue weighted by atomic mass is 19.4. The Morgan fingerprint density at radius 1 is 1.00 bits per heavy atom. The van der Waals surface area contributed by atoms with Crippen molar-refractivity contribution >= 4 is 5.91 Å². The van der Waals surface area contributed by atoms with Crippen molar-refractivity contribution in [1.29, 1.82) is 0 Å². The Kier molecular flexibility index (Phi) is 6.41. The second-order valence-corrected chi connectivity index (χ2v) is 3.74. The van der Waals surface area contributed by atoms with Gasteiger partial charge in [-0.05, 0) is 6.42 Å². The highest BCUT2D eigenvalue weighted by Gasteiger charge is 2.63. The monoisotopic (exact) mass is 261 g/mol. The van der Waals surface area contributed by atoms with Gasteiger partial charge in [0, 0.05) is 6.54 Å². The molecule has 0 aliphatic heterocycles. The average molecular weight is 261 g/mol. The maximum absolute atomic E-state index is 12.4. The average Bonchev–Trinajstić information content (AvgIpc) is 2.21. The summed E-state index contributed by atoms with van der Waals surface area (Å²) in [5.41, 5.74) is 0. The van der Waals surface area contributed by atoms with Gasteiger partial charge < -0.3 is 5.32 Å². The van der Waals surface area contributed by atoms with Crippen molar-refractivity contribution in [3.63, 3.8) is 0 Å². The highest BCUT2D eigenvalue weighted by molar-refractivity contribution is 5.84. The number of halogens is 5. The van der Waals surface area contributed by atoms with Crippen molar-refractivity contribution in [1.82, 2.24) is 5.32 Å². The molecule has 0 aliphatic rings. The first-order chi connectivity index (χ1) is 7.73. The normalized spacial score (nSPS) is 12.6. The number of hydrogen-bond acceptors (Lipinski definition) is 1. The van der Waals surface area contributed by atoms with Gasteiger partial charge in [-0.25, -0.2) is 0 Å². The van der Waals surface area contributed by atoms with Gasteiger partial charge in [-0.1, -0.05) is 32.6 Å². The molecule has 17 heavy (non-hydrogen) atoms. The molecule has 102 valence electrons. The van der Waals surface area contributed by atoms with Crippen molar-refractivity contribution in [3.8, 4) is 0 Å². The van der Waals surface area contributed by atoms with Gasteiger partial charge in [0.05, 0.1) is 0 Å². The van der Waals surface area contributed by atoms with Gasteiger partial charge in [-0.2, -0.15) is 22.0 Å². The summed E-state index contributed by atoms with van der Waals surface area (Å²) in [6, 6.07) is 0.